The van der Waals surface area contributed by atoms with E-state index in [9.17, 15) is 14.9 Å². The molecule has 0 radical (unpaired) electrons. The van der Waals surface area contributed by atoms with Crippen LogP contribution in [0, 0.1) is 10.1 Å². The molecule has 0 atom stereocenters. The largest absolute Gasteiger partial charge is 0.341 e. The zero-order valence-electron chi connectivity index (χ0n) is 10.1. The van der Waals surface area contributed by atoms with E-state index in [1.165, 1.54) is 23.1 Å². The lowest BCUT2D eigenvalue weighted by Crippen LogP contribution is -2.29. The Balaban J connectivity index is 2.97. The van der Waals surface area contributed by atoms with Gasteiger partial charge in [0.25, 0.3) is 11.6 Å². The fourth-order valence-electron chi connectivity index (χ4n) is 1.33. The molecule has 5 nitrogen and oxygen atoms in total. The maximum Gasteiger partial charge on any atom is 0.270 e. The molecule has 0 N–H and O–H groups in total. The number of nitro benzene ring substituents is 1. The van der Waals surface area contributed by atoms with Gasteiger partial charge in [-0.2, -0.15) is 11.8 Å². The molecule has 1 rings (SSSR count). The average molecular weight is 289 g/mol. The zero-order chi connectivity index (χ0) is 13.7. The number of amides is 1. The summed E-state index contributed by atoms with van der Waals surface area (Å²) in [5.74, 6) is 0.493. The average Bonchev–Trinajstić information content (AvgIpc) is 2.35. The van der Waals surface area contributed by atoms with Gasteiger partial charge in [0.15, 0.2) is 0 Å². The quantitative estimate of drug-likeness (QED) is 0.617. The summed E-state index contributed by atoms with van der Waals surface area (Å²) in [5, 5.41) is 10.9. The van der Waals surface area contributed by atoms with Gasteiger partial charge in [0, 0.05) is 31.5 Å². The van der Waals surface area contributed by atoms with E-state index in [-0.39, 0.29) is 22.2 Å². The highest BCUT2D eigenvalue weighted by Crippen LogP contribution is 2.23. The third-order valence-corrected chi connectivity index (χ3v) is 3.29. The van der Waals surface area contributed by atoms with Gasteiger partial charge in [-0.3, -0.25) is 14.9 Å². The summed E-state index contributed by atoms with van der Waals surface area (Å²) >= 11 is 7.52. The highest BCUT2D eigenvalue weighted by atomic mass is 35.5. The van der Waals surface area contributed by atoms with Crippen LogP contribution in [-0.2, 0) is 0 Å². The molecule has 0 spiro atoms. The predicted octanol–water partition coefficient (Wildman–Crippen LogP) is 2.68. The zero-order valence-corrected chi connectivity index (χ0v) is 11.6. The first kappa shape index (κ1) is 14.8. The predicted molar refractivity (Wildman–Crippen MR) is 73.4 cm³/mol. The monoisotopic (exact) mass is 288 g/mol. The van der Waals surface area contributed by atoms with Crippen LogP contribution < -0.4 is 0 Å². The molecule has 0 aliphatic rings. The van der Waals surface area contributed by atoms with E-state index in [1.807, 2.05) is 6.26 Å². The van der Waals surface area contributed by atoms with Crippen molar-refractivity contribution in [3.05, 3.63) is 38.9 Å². The third-order valence-electron chi connectivity index (χ3n) is 2.37. The fourth-order valence-corrected chi connectivity index (χ4v) is 1.98. The van der Waals surface area contributed by atoms with Gasteiger partial charge >= 0.3 is 0 Å². The number of carbonyl (C=O) groups excluding carboxylic acids is 1. The molecular formula is C11H13ClN2O3S. The smallest absolute Gasteiger partial charge is 0.270 e. The Morgan fingerprint density at radius 3 is 2.78 bits per heavy atom. The summed E-state index contributed by atoms with van der Waals surface area (Å²) in [6.07, 6.45) is 1.94. The van der Waals surface area contributed by atoms with Gasteiger partial charge in [-0.1, -0.05) is 11.6 Å². The van der Waals surface area contributed by atoms with Gasteiger partial charge < -0.3 is 4.90 Å². The number of hydrogen-bond donors (Lipinski definition) is 0. The van der Waals surface area contributed by atoms with Gasteiger partial charge in [-0.15, -0.1) is 0 Å². The van der Waals surface area contributed by atoms with Crippen LogP contribution in [0.1, 0.15) is 10.4 Å². The van der Waals surface area contributed by atoms with Crippen LogP contribution in [0.3, 0.4) is 0 Å². The molecule has 0 aromatic heterocycles. The van der Waals surface area contributed by atoms with Gasteiger partial charge in [-0.25, -0.2) is 0 Å². The van der Waals surface area contributed by atoms with Crippen molar-refractivity contribution in [2.75, 3.05) is 25.6 Å². The van der Waals surface area contributed by atoms with E-state index in [4.69, 9.17) is 11.6 Å². The van der Waals surface area contributed by atoms with Crippen LogP contribution in [0.25, 0.3) is 0 Å². The lowest BCUT2D eigenvalue weighted by molar-refractivity contribution is -0.384. The lowest BCUT2D eigenvalue weighted by Gasteiger charge is -2.17. The van der Waals surface area contributed by atoms with Crippen molar-refractivity contribution in [1.29, 1.82) is 0 Å². The lowest BCUT2D eigenvalue weighted by atomic mass is 10.2. The van der Waals surface area contributed by atoms with Crippen LogP contribution in [-0.4, -0.2) is 41.3 Å². The Bertz CT molecular complexity index is 468. The molecule has 1 aromatic rings. The van der Waals surface area contributed by atoms with Crippen molar-refractivity contribution in [3.63, 3.8) is 0 Å². The van der Waals surface area contributed by atoms with Crippen LogP contribution in [0.4, 0.5) is 5.69 Å². The number of halogens is 1. The minimum absolute atomic E-state index is 0.138. The minimum Gasteiger partial charge on any atom is -0.341 e. The number of nitrogens with zero attached hydrogens (tertiary/aromatic N) is 2. The van der Waals surface area contributed by atoms with Crippen LogP contribution in [0.2, 0.25) is 5.02 Å². The second kappa shape index (κ2) is 6.61. The fraction of sp³-hybridized carbons (Fsp3) is 0.364. The maximum atomic E-state index is 12.1. The molecule has 0 heterocycles. The molecule has 98 valence electrons. The number of carbonyl (C=O) groups is 1. The van der Waals surface area contributed by atoms with Gasteiger partial charge in [0.2, 0.25) is 0 Å². The van der Waals surface area contributed by atoms with Crippen molar-refractivity contribution in [3.8, 4) is 0 Å². The normalized spacial score (nSPS) is 10.2. The summed E-state index contributed by atoms with van der Waals surface area (Å²) in [7, 11) is 1.65. The van der Waals surface area contributed by atoms with Crippen molar-refractivity contribution in [2.45, 2.75) is 0 Å². The van der Waals surface area contributed by atoms with E-state index in [2.05, 4.69) is 0 Å². The molecule has 0 unspecified atom stereocenters. The summed E-state index contributed by atoms with van der Waals surface area (Å²) < 4.78 is 0. The molecule has 0 saturated heterocycles. The molecule has 1 amide bonds. The van der Waals surface area contributed by atoms with Gasteiger partial charge in [-0.05, 0) is 12.3 Å². The highest BCUT2D eigenvalue weighted by Gasteiger charge is 2.18. The van der Waals surface area contributed by atoms with Crippen LogP contribution in [0.5, 0.6) is 0 Å². The molecule has 0 fully saturated rings. The Hall–Kier alpha value is -1.27. The Labute approximate surface area is 114 Å². The molecule has 0 saturated carbocycles. The van der Waals surface area contributed by atoms with Crippen LogP contribution in [0.15, 0.2) is 18.2 Å². The molecule has 7 heteroatoms. The Morgan fingerprint density at radius 1 is 1.56 bits per heavy atom. The number of benzene rings is 1. The number of hydrogen-bond acceptors (Lipinski definition) is 4. The number of nitro groups is 1. The van der Waals surface area contributed by atoms with Crippen molar-refractivity contribution < 1.29 is 9.72 Å². The SMILES string of the molecule is CSCCN(C)C(=O)c1cc([N+](=O)[O-])ccc1Cl. The number of non-ortho nitro benzene ring substituents is 1. The minimum atomic E-state index is -0.547. The van der Waals surface area contributed by atoms with E-state index in [0.717, 1.165) is 5.75 Å². The molecule has 18 heavy (non-hydrogen) atoms. The van der Waals surface area contributed by atoms with E-state index >= 15 is 0 Å². The second-order valence-corrected chi connectivity index (χ2v) is 5.03. The van der Waals surface area contributed by atoms with Crippen molar-refractivity contribution >= 4 is 35.0 Å². The Morgan fingerprint density at radius 2 is 2.22 bits per heavy atom. The summed E-state index contributed by atoms with van der Waals surface area (Å²) in [6, 6.07) is 3.86. The van der Waals surface area contributed by atoms with Gasteiger partial charge in [0.1, 0.15) is 0 Å². The standard InChI is InChI=1S/C11H13ClN2O3S/c1-13(5-6-18-2)11(15)9-7-8(14(16)17)3-4-10(9)12/h3-4,7H,5-6H2,1-2H3. The van der Waals surface area contributed by atoms with E-state index in [0.29, 0.717) is 6.54 Å². The number of thioether (sulfide) groups is 1. The van der Waals surface area contributed by atoms with Crippen LogP contribution >= 0.6 is 23.4 Å². The maximum absolute atomic E-state index is 12.1. The molecular weight excluding hydrogens is 276 g/mol. The Kier molecular flexibility index (Phi) is 5.43. The molecule has 0 aliphatic heterocycles. The third kappa shape index (κ3) is 3.61. The number of rotatable bonds is 5. The molecule has 1 aromatic carbocycles. The van der Waals surface area contributed by atoms with Gasteiger partial charge in [0.05, 0.1) is 15.5 Å². The highest BCUT2D eigenvalue weighted by molar-refractivity contribution is 7.98. The second-order valence-electron chi connectivity index (χ2n) is 3.64. The molecule has 0 bridgehead atoms. The first-order chi connectivity index (χ1) is 8.47. The summed E-state index contributed by atoms with van der Waals surface area (Å²) in [6.45, 7) is 0.568. The van der Waals surface area contributed by atoms with E-state index in [1.54, 1.807) is 18.8 Å². The first-order valence-electron chi connectivity index (χ1n) is 5.15. The topological polar surface area (TPSA) is 63.5 Å². The van der Waals surface area contributed by atoms with E-state index < -0.39 is 4.92 Å². The first-order valence-corrected chi connectivity index (χ1v) is 6.93. The molecule has 0 aliphatic carbocycles. The summed E-state index contributed by atoms with van der Waals surface area (Å²) in [4.78, 5) is 23.7. The summed E-state index contributed by atoms with van der Waals surface area (Å²) in [5.41, 5.74) is 0.0236. The van der Waals surface area contributed by atoms with Crippen molar-refractivity contribution in [2.24, 2.45) is 0 Å². The van der Waals surface area contributed by atoms with Crippen molar-refractivity contribution in [1.82, 2.24) is 4.90 Å².